The molecule has 1 aromatic heterocycles. The Balaban J connectivity index is 1.76. The van der Waals surface area contributed by atoms with Gasteiger partial charge in [-0.25, -0.2) is 5.43 Å². The van der Waals surface area contributed by atoms with Gasteiger partial charge >= 0.3 is 6.18 Å². The summed E-state index contributed by atoms with van der Waals surface area (Å²) in [4.78, 5) is 14.1. The number of benzene rings is 1. The second-order valence-electron chi connectivity index (χ2n) is 5.37. The highest BCUT2D eigenvalue weighted by Gasteiger charge is 2.32. The van der Waals surface area contributed by atoms with Gasteiger partial charge in [-0.2, -0.15) is 18.3 Å². The van der Waals surface area contributed by atoms with Crippen LogP contribution >= 0.6 is 0 Å². The summed E-state index contributed by atoms with van der Waals surface area (Å²) < 4.78 is 37.9. The predicted molar refractivity (Wildman–Crippen MR) is 84.1 cm³/mol. The van der Waals surface area contributed by atoms with Gasteiger partial charge in [-0.3, -0.25) is 4.79 Å². The fraction of sp³-hybridized carbons (Fsp3) is 0.176. The van der Waals surface area contributed by atoms with Gasteiger partial charge in [0, 0.05) is 5.69 Å². The molecule has 2 N–H and O–H groups in total. The molecule has 1 aromatic carbocycles. The monoisotopic (exact) mass is 333 g/mol. The second-order valence-corrected chi connectivity index (χ2v) is 5.37. The molecular weight excluding hydrogens is 319 g/mol. The Morgan fingerprint density at radius 1 is 1.04 bits per heavy atom. The molecule has 124 valence electrons. The molecule has 1 amide bonds. The minimum Gasteiger partial charge on any atom is -0.351 e. The van der Waals surface area contributed by atoms with Crippen molar-refractivity contribution in [2.45, 2.75) is 19.0 Å². The standard InChI is InChI=1S/C17H14F3N3O/c18-17(19,20)15-9-7-12(21-15)10-13-14(22-23-16(13)24)8-6-11-4-2-1-3-5-11/h1-5,7,9-10,21H,6,8H2,(H,23,24)/b13-10-. The van der Waals surface area contributed by atoms with Crippen LogP contribution in [0.1, 0.15) is 23.4 Å². The van der Waals surface area contributed by atoms with Crippen LogP contribution in [0.15, 0.2) is 53.1 Å². The van der Waals surface area contributed by atoms with Crippen LogP contribution in [0.3, 0.4) is 0 Å². The van der Waals surface area contributed by atoms with Crippen LogP contribution in [0.25, 0.3) is 6.08 Å². The van der Waals surface area contributed by atoms with E-state index in [-0.39, 0.29) is 11.3 Å². The number of hydrazone groups is 1. The lowest BCUT2D eigenvalue weighted by molar-refractivity contribution is -0.140. The minimum atomic E-state index is -4.45. The molecule has 0 saturated heterocycles. The first-order valence-electron chi connectivity index (χ1n) is 7.32. The van der Waals surface area contributed by atoms with Crippen molar-refractivity contribution in [1.29, 1.82) is 0 Å². The van der Waals surface area contributed by atoms with E-state index in [4.69, 9.17) is 0 Å². The van der Waals surface area contributed by atoms with Gasteiger partial charge in [0.25, 0.3) is 5.91 Å². The summed E-state index contributed by atoms with van der Waals surface area (Å²) in [5.41, 5.74) is 3.63. The summed E-state index contributed by atoms with van der Waals surface area (Å²) in [5.74, 6) is -0.416. The van der Waals surface area contributed by atoms with Crippen molar-refractivity contribution >= 4 is 17.7 Å². The number of aromatic amines is 1. The molecule has 0 radical (unpaired) electrons. The molecule has 1 aliphatic rings. The van der Waals surface area contributed by atoms with Gasteiger partial charge in [0.1, 0.15) is 5.69 Å². The largest absolute Gasteiger partial charge is 0.431 e. The third-order valence-electron chi connectivity index (χ3n) is 3.66. The summed E-state index contributed by atoms with van der Waals surface area (Å²) in [6, 6.07) is 11.9. The van der Waals surface area contributed by atoms with Crippen LogP contribution in [0.2, 0.25) is 0 Å². The molecular formula is C17H14F3N3O. The van der Waals surface area contributed by atoms with Crippen LogP contribution < -0.4 is 5.43 Å². The van der Waals surface area contributed by atoms with Gasteiger partial charge in [-0.15, -0.1) is 0 Å². The van der Waals surface area contributed by atoms with Crippen LogP contribution in [-0.4, -0.2) is 16.6 Å². The molecule has 3 rings (SSSR count). The molecule has 2 heterocycles. The number of halogens is 3. The van der Waals surface area contributed by atoms with E-state index < -0.39 is 17.8 Å². The van der Waals surface area contributed by atoms with Crippen molar-refractivity contribution in [2.75, 3.05) is 0 Å². The molecule has 0 fully saturated rings. The average molecular weight is 333 g/mol. The van der Waals surface area contributed by atoms with Gasteiger partial charge in [-0.05, 0) is 36.6 Å². The lowest BCUT2D eigenvalue weighted by Crippen LogP contribution is -2.13. The van der Waals surface area contributed by atoms with E-state index in [0.29, 0.717) is 18.6 Å². The maximum atomic E-state index is 12.6. The number of aromatic nitrogens is 1. The molecule has 0 atom stereocenters. The summed E-state index contributed by atoms with van der Waals surface area (Å²) >= 11 is 0. The van der Waals surface area contributed by atoms with E-state index >= 15 is 0 Å². The maximum Gasteiger partial charge on any atom is 0.431 e. The second kappa shape index (κ2) is 6.35. The van der Waals surface area contributed by atoms with Crippen molar-refractivity contribution in [1.82, 2.24) is 10.4 Å². The number of carbonyl (C=O) groups is 1. The third-order valence-corrected chi connectivity index (χ3v) is 3.66. The first-order valence-corrected chi connectivity index (χ1v) is 7.32. The zero-order valence-corrected chi connectivity index (χ0v) is 12.5. The number of hydrogen-bond donors (Lipinski definition) is 2. The van der Waals surface area contributed by atoms with Gasteiger partial charge in [0.15, 0.2) is 0 Å². The van der Waals surface area contributed by atoms with E-state index in [1.54, 1.807) is 0 Å². The zero-order chi connectivity index (χ0) is 17.2. The van der Waals surface area contributed by atoms with Gasteiger partial charge < -0.3 is 4.98 Å². The lowest BCUT2D eigenvalue weighted by atomic mass is 10.0. The van der Waals surface area contributed by atoms with Gasteiger partial charge in [0.2, 0.25) is 0 Å². The number of amides is 1. The quantitative estimate of drug-likeness (QED) is 0.826. The fourth-order valence-corrected chi connectivity index (χ4v) is 2.43. The molecule has 0 aliphatic carbocycles. The van der Waals surface area contributed by atoms with Crippen molar-refractivity contribution in [3.63, 3.8) is 0 Å². The Kier molecular flexibility index (Phi) is 4.24. The molecule has 2 aromatic rings. The Labute approximate surface area is 136 Å². The molecule has 7 heteroatoms. The Morgan fingerprint density at radius 2 is 1.79 bits per heavy atom. The van der Waals surface area contributed by atoms with Crippen molar-refractivity contribution in [3.8, 4) is 0 Å². The van der Waals surface area contributed by atoms with Crippen LogP contribution in [0.4, 0.5) is 13.2 Å². The molecule has 0 unspecified atom stereocenters. The molecule has 0 bridgehead atoms. The number of H-pyrrole nitrogens is 1. The SMILES string of the molecule is O=C1NN=C(CCc2ccccc2)/C1=C/c1ccc(C(F)(F)F)[nH]1. The first-order chi connectivity index (χ1) is 11.4. The predicted octanol–water partition coefficient (Wildman–Crippen LogP) is 3.54. The normalized spacial score (nSPS) is 16.4. The fourth-order valence-electron chi connectivity index (χ4n) is 2.43. The topological polar surface area (TPSA) is 57.2 Å². The van der Waals surface area contributed by atoms with Crippen LogP contribution in [0.5, 0.6) is 0 Å². The highest BCUT2D eigenvalue weighted by molar-refractivity contribution is 6.27. The smallest absolute Gasteiger partial charge is 0.351 e. The number of nitrogens with one attached hydrogen (secondary N) is 2. The zero-order valence-electron chi connectivity index (χ0n) is 12.5. The Bertz CT molecular complexity index is 804. The van der Waals surface area contributed by atoms with E-state index in [0.717, 1.165) is 11.6 Å². The summed E-state index contributed by atoms with van der Waals surface area (Å²) in [7, 11) is 0. The first kappa shape index (κ1) is 16.0. The average Bonchev–Trinajstić information content (AvgIpc) is 3.15. The number of alkyl halides is 3. The molecule has 0 spiro atoms. The Hall–Kier alpha value is -2.83. The molecule has 0 saturated carbocycles. The summed E-state index contributed by atoms with van der Waals surface area (Å²) in [5, 5.41) is 3.98. The van der Waals surface area contributed by atoms with E-state index in [9.17, 15) is 18.0 Å². The Morgan fingerprint density at radius 3 is 2.46 bits per heavy atom. The summed E-state index contributed by atoms with van der Waals surface area (Å²) in [6.45, 7) is 0. The lowest BCUT2D eigenvalue weighted by Gasteiger charge is -2.03. The van der Waals surface area contributed by atoms with Crippen molar-refractivity contribution in [2.24, 2.45) is 5.10 Å². The number of rotatable bonds is 4. The maximum absolute atomic E-state index is 12.6. The number of nitrogens with zero attached hydrogens (tertiary/aromatic N) is 1. The minimum absolute atomic E-state index is 0.210. The van der Waals surface area contributed by atoms with Crippen LogP contribution in [0, 0.1) is 0 Å². The third kappa shape index (κ3) is 3.56. The highest BCUT2D eigenvalue weighted by atomic mass is 19.4. The molecule has 24 heavy (non-hydrogen) atoms. The van der Waals surface area contributed by atoms with E-state index in [1.807, 2.05) is 30.3 Å². The molecule has 4 nitrogen and oxygen atoms in total. The van der Waals surface area contributed by atoms with E-state index in [2.05, 4.69) is 15.5 Å². The van der Waals surface area contributed by atoms with Crippen molar-refractivity contribution in [3.05, 3.63) is 65.0 Å². The van der Waals surface area contributed by atoms with Gasteiger partial charge in [0.05, 0.1) is 11.3 Å². The van der Waals surface area contributed by atoms with Crippen molar-refractivity contribution < 1.29 is 18.0 Å². The number of carbonyl (C=O) groups excluding carboxylic acids is 1. The van der Waals surface area contributed by atoms with Gasteiger partial charge in [-0.1, -0.05) is 30.3 Å². The molecule has 1 aliphatic heterocycles. The summed E-state index contributed by atoms with van der Waals surface area (Å²) in [6.07, 6.45) is -1.85. The van der Waals surface area contributed by atoms with E-state index in [1.165, 1.54) is 12.1 Å². The number of aryl methyl sites for hydroxylation is 1. The highest BCUT2D eigenvalue weighted by Crippen LogP contribution is 2.28. The number of hydrogen-bond acceptors (Lipinski definition) is 2. The van der Waals surface area contributed by atoms with Crippen LogP contribution in [-0.2, 0) is 17.4 Å².